The van der Waals surface area contributed by atoms with Crippen molar-refractivity contribution in [3.63, 3.8) is 0 Å². The number of hydrogen-bond acceptors (Lipinski definition) is 2. The van der Waals surface area contributed by atoms with Gasteiger partial charge < -0.3 is 10.2 Å². The van der Waals surface area contributed by atoms with Crippen molar-refractivity contribution in [2.45, 2.75) is 26.7 Å². The van der Waals surface area contributed by atoms with Gasteiger partial charge in [-0.05, 0) is 18.3 Å². The third-order valence-electron chi connectivity index (χ3n) is 1.88. The topological polar surface area (TPSA) is 57.5 Å². The molecule has 66 valence electrons. The zero-order valence-electron chi connectivity index (χ0n) is 7.08. The molecule has 0 unspecified atom stereocenters. The van der Waals surface area contributed by atoms with Crippen LogP contribution in [0.15, 0.2) is 0 Å². The molecule has 0 aromatic carbocycles. The number of carbonyl (C=O) groups is 1. The summed E-state index contributed by atoms with van der Waals surface area (Å²) in [4.78, 5) is 10.3. The van der Waals surface area contributed by atoms with Crippen molar-refractivity contribution in [3.05, 3.63) is 0 Å². The zero-order chi connectivity index (χ0) is 8.85. The van der Waals surface area contributed by atoms with E-state index in [9.17, 15) is 4.79 Å². The number of aliphatic hydroxyl groups is 1. The molecular formula is C8H16O3. The summed E-state index contributed by atoms with van der Waals surface area (Å²) in [6, 6.07) is 0. The summed E-state index contributed by atoms with van der Waals surface area (Å²) >= 11 is 0. The molecule has 0 radical (unpaired) electrons. The Labute approximate surface area is 67.0 Å². The van der Waals surface area contributed by atoms with Crippen LogP contribution >= 0.6 is 0 Å². The van der Waals surface area contributed by atoms with Crippen LogP contribution in [0.25, 0.3) is 0 Å². The second-order valence-electron chi connectivity index (χ2n) is 3.11. The van der Waals surface area contributed by atoms with Crippen LogP contribution < -0.4 is 0 Å². The van der Waals surface area contributed by atoms with E-state index in [2.05, 4.69) is 0 Å². The highest BCUT2D eigenvalue weighted by Gasteiger charge is 2.15. The van der Waals surface area contributed by atoms with Crippen molar-refractivity contribution in [3.8, 4) is 0 Å². The summed E-state index contributed by atoms with van der Waals surface area (Å²) in [5, 5.41) is 17.1. The second-order valence-corrected chi connectivity index (χ2v) is 3.11. The van der Waals surface area contributed by atoms with E-state index in [4.69, 9.17) is 10.2 Å². The molecule has 1 atom stereocenters. The molecule has 0 fully saturated rings. The lowest BCUT2D eigenvalue weighted by Crippen LogP contribution is -2.15. The summed E-state index contributed by atoms with van der Waals surface area (Å²) < 4.78 is 0. The molecule has 0 amide bonds. The fraction of sp³-hybridized carbons (Fsp3) is 0.875. The Hall–Kier alpha value is -0.570. The third kappa shape index (κ3) is 4.79. The van der Waals surface area contributed by atoms with Crippen molar-refractivity contribution in [2.24, 2.45) is 11.8 Å². The SMILES string of the molecule is CC(C)[C@@H](CCO)CC(=O)O. The summed E-state index contributed by atoms with van der Waals surface area (Å²) in [7, 11) is 0. The van der Waals surface area contributed by atoms with Gasteiger partial charge in [-0.1, -0.05) is 13.8 Å². The Morgan fingerprint density at radius 1 is 1.45 bits per heavy atom. The van der Waals surface area contributed by atoms with Gasteiger partial charge in [0.05, 0.1) is 0 Å². The highest BCUT2D eigenvalue weighted by atomic mass is 16.4. The molecule has 0 heterocycles. The van der Waals surface area contributed by atoms with Crippen LogP contribution in [0.3, 0.4) is 0 Å². The van der Waals surface area contributed by atoms with E-state index in [1.165, 1.54) is 0 Å². The smallest absolute Gasteiger partial charge is 0.303 e. The van der Waals surface area contributed by atoms with Gasteiger partial charge in [0.15, 0.2) is 0 Å². The summed E-state index contributed by atoms with van der Waals surface area (Å²) in [5.41, 5.74) is 0. The van der Waals surface area contributed by atoms with Gasteiger partial charge in [0.25, 0.3) is 0 Å². The second kappa shape index (κ2) is 5.13. The molecule has 0 aliphatic rings. The van der Waals surface area contributed by atoms with Crippen LogP contribution in [0.2, 0.25) is 0 Å². The van der Waals surface area contributed by atoms with Crippen LogP contribution in [-0.2, 0) is 4.79 Å². The molecular weight excluding hydrogens is 144 g/mol. The molecule has 0 saturated carbocycles. The Kier molecular flexibility index (Phi) is 4.86. The molecule has 0 aliphatic heterocycles. The lowest BCUT2D eigenvalue weighted by Gasteiger charge is -2.16. The zero-order valence-corrected chi connectivity index (χ0v) is 7.08. The summed E-state index contributed by atoms with van der Waals surface area (Å²) in [6.07, 6.45) is 0.752. The average Bonchev–Trinajstić information content (AvgIpc) is 1.86. The number of hydrogen-bond donors (Lipinski definition) is 2. The largest absolute Gasteiger partial charge is 0.481 e. The Bertz CT molecular complexity index is 121. The minimum absolute atomic E-state index is 0.0795. The first kappa shape index (κ1) is 10.4. The van der Waals surface area contributed by atoms with E-state index < -0.39 is 5.97 Å². The molecule has 11 heavy (non-hydrogen) atoms. The lowest BCUT2D eigenvalue weighted by molar-refractivity contribution is -0.138. The first-order chi connectivity index (χ1) is 5.07. The van der Waals surface area contributed by atoms with Crippen LogP contribution in [0.1, 0.15) is 26.7 Å². The highest BCUT2D eigenvalue weighted by molar-refractivity contribution is 5.67. The van der Waals surface area contributed by atoms with Gasteiger partial charge >= 0.3 is 5.97 Å². The quantitative estimate of drug-likeness (QED) is 0.633. The van der Waals surface area contributed by atoms with Gasteiger partial charge in [-0.25, -0.2) is 0 Å². The molecule has 3 nitrogen and oxygen atoms in total. The van der Waals surface area contributed by atoms with Gasteiger partial charge in [0, 0.05) is 13.0 Å². The Morgan fingerprint density at radius 2 is 2.00 bits per heavy atom. The molecule has 3 heteroatoms. The number of aliphatic hydroxyl groups excluding tert-OH is 1. The van der Waals surface area contributed by atoms with Crippen molar-refractivity contribution < 1.29 is 15.0 Å². The number of aliphatic carboxylic acids is 1. The molecule has 0 aliphatic carbocycles. The molecule has 0 aromatic rings. The maximum Gasteiger partial charge on any atom is 0.303 e. The predicted molar refractivity (Wildman–Crippen MR) is 42.3 cm³/mol. The minimum atomic E-state index is -0.780. The Balaban J connectivity index is 3.79. The standard InChI is InChI=1S/C8H16O3/c1-6(2)7(3-4-9)5-8(10)11/h6-7,9H,3-5H2,1-2H3,(H,10,11)/t7-/m0/s1. The van der Waals surface area contributed by atoms with E-state index in [-0.39, 0.29) is 18.9 Å². The fourth-order valence-electron chi connectivity index (χ4n) is 1.06. The van der Waals surface area contributed by atoms with Gasteiger partial charge in [0.2, 0.25) is 0 Å². The van der Waals surface area contributed by atoms with E-state index in [0.29, 0.717) is 12.3 Å². The van der Waals surface area contributed by atoms with Crippen molar-refractivity contribution in [1.29, 1.82) is 0 Å². The van der Waals surface area contributed by atoms with Crippen molar-refractivity contribution in [2.75, 3.05) is 6.61 Å². The van der Waals surface area contributed by atoms with Crippen LogP contribution in [0.4, 0.5) is 0 Å². The molecule has 0 aromatic heterocycles. The predicted octanol–water partition coefficient (Wildman–Crippen LogP) is 1.12. The molecule has 0 bridgehead atoms. The van der Waals surface area contributed by atoms with E-state index >= 15 is 0 Å². The van der Waals surface area contributed by atoms with Crippen LogP contribution in [0, 0.1) is 11.8 Å². The van der Waals surface area contributed by atoms with Gasteiger partial charge in [0.1, 0.15) is 0 Å². The monoisotopic (exact) mass is 160 g/mol. The Morgan fingerprint density at radius 3 is 2.27 bits per heavy atom. The minimum Gasteiger partial charge on any atom is -0.481 e. The van der Waals surface area contributed by atoms with Crippen molar-refractivity contribution in [1.82, 2.24) is 0 Å². The van der Waals surface area contributed by atoms with Gasteiger partial charge in [-0.15, -0.1) is 0 Å². The first-order valence-corrected chi connectivity index (χ1v) is 3.90. The van der Waals surface area contributed by atoms with Gasteiger partial charge in [-0.2, -0.15) is 0 Å². The lowest BCUT2D eigenvalue weighted by atomic mass is 9.90. The van der Waals surface area contributed by atoms with E-state index in [0.717, 1.165) is 0 Å². The van der Waals surface area contributed by atoms with Crippen LogP contribution in [-0.4, -0.2) is 22.8 Å². The molecule has 0 spiro atoms. The molecule has 0 saturated heterocycles. The first-order valence-electron chi connectivity index (χ1n) is 3.90. The van der Waals surface area contributed by atoms with Gasteiger partial charge in [-0.3, -0.25) is 4.79 Å². The van der Waals surface area contributed by atoms with E-state index in [1.54, 1.807) is 0 Å². The molecule has 0 rings (SSSR count). The molecule has 2 N–H and O–H groups in total. The van der Waals surface area contributed by atoms with E-state index in [1.807, 2.05) is 13.8 Å². The summed E-state index contributed by atoms with van der Waals surface area (Å²) in [6.45, 7) is 4.03. The fourth-order valence-corrected chi connectivity index (χ4v) is 1.06. The van der Waals surface area contributed by atoms with Crippen LogP contribution in [0.5, 0.6) is 0 Å². The number of rotatable bonds is 5. The summed E-state index contributed by atoms with van der Waals surface area (Å²) in [5.74, 6) is -0.340. The number of carboxylic acid groups (broad SMARTS) is 1. The van der Waals surface area contributed by atoms with Crippen molar-refractivity contribution >= 4 is 5.97 Å². The maximum absolute atomic E-state index is 10.3. The third-order valence-corrected chi connectivity index (χ3v) is 1.88. The average molecular weight is 160 g/mol. The number of carboxylic acids is 1. The normalized spacial score (nSPS) is 13.5. The maximum atomic E-state index is 10.3. The highest BCUT2D eigenvalue weighted by Crippen LogP contribution is 2.18.